The summed E-state index contributed by atoms with van der Waals surface area (Å²) in [4.78, 5) is 56.7. The SMILES string of the molecule is CCC(=O)N[C@H](CCc1ccc(NC(=O)[C@@H](NC(=O)c2ccnn2C)C2CCCCC2)cc1)C(=O)N1CCN(Cc2ccc(Cl)cc2)CC1. The van der Waals surface area contributed by atoms with Crippen LogP contribution in [-0.2, 0) is 34.4 Å². The van der Waals surface area contributed by atoms with Crippen molar-refractivity contribution in [3.63, 3.8) is 0 Å². The topological polar surface area (TPSA) is 129 Å². The molecule has 2 aliphatic rings. The van der Waals surface area contributed by atoms with E-state index in [-0.39, 0.29) is 29.5 Å². The fourth-order valence-corrected chi connectivity index (χ4v) is 6.84. The van der Waals surface area contributed by atoms with Gasteiger partial charge < -0.3 is 20.9 Å². The van der Waals surface area contributed by atoms with E-state index in [0.717, 1.165) is 57.3 Å². The summed E-state index contributed by atoms with van der Waals surface area (Å²) in [5.41, 5.74) is 3.20. The van der Waals surface area contributed by atoms with E-state index in [1.807, 2.05) is 53.4 Å². The first-order valence-electron chi connectivity index (χ1n) is 17.4. The van der Waals surface area contributed by atoms with Crippen LogP contribution in [0.1, 0.15) is 73.5 Å². The van der Waals surface area contributed by atoms with Crippen molar-refractivity contribution in [1.82, 2.24) is 30.2 Å². The first kappa shape index (κ1) is 36.1. The van der Waals surface area contributed by atoms with Gasteiger partial charge in [-0.2, -0.15) is 5.10 Å². The second-order valence-corrected chi connectivity index (χ2v) is 13.6. The van der Waals surface area contributed by atoms with Crippen molar-refractivity contribution in [2.45, 2.75) is 76.9 Å². The number of halogens is 1. The highest BCUT2D eigenvalue weighted by Crippen LogP contribution is 2.28. The van der Waals surface area contributed by atoms with E-state index in [0.29, 0.717) is 48.8 Å². The summed E-state index contributed by atoms with van der Waals surface area (Å²) >= 11 is 6.02. The third-order valence-electron chi connectivity index (χ3n) is 9.64. The number of nitrogens with zero attached hydrogens (tertiary/aromatic N) is 4. The van der Waals surface area contributed by atoms with Crippen LogP contribution >= 0.6 is 11.6 Å². The fraction of sp³-hybridized carbons (Fsp3) is 0.486. The molecule has 11 nitrogen and oxygen atoms in total. The van der Waals surface area contributed by atoms with Crippen molar-refractivity contribution < 1.29 is 19.2 Å². The van der Waals surface area contributed by atoms with E-state index in [1.54, 1.807) is 26.2 Å². The first-order valence-corrected chi connectivity index (χ1v) is 17.8. The number of hydrogen-bond donors (Lipinski definition) is 3. The van der Waals surface area contributed by atoms with Crippen molar-refractivity contribution in [2.75, 3.05) is 31.5 Å². The van der Waals surface area contributed by atoms with Gasteiger partial charge in [0.05, 0.1) is 0 Å². The smallest absolute Gasteiger partial charge is 0.270 e. The number of rotatable bonds is 13. The molecule has 49 heavy (non-hydrogen) atoms. The molecule has 1 saturated heterocycles. The van der Waals surface area contributed by atoms with E-state index in [2.05, 4.69) is 25.9 Å². The fourth-order valence-electron chi connectivity index (χ4n) is 6.71. The Morgan fingerprint density at radius 1 is 0.878 bits per heavy atom. The molecule has 0 bridgehead atoms. The maximum absolute atomic E-state index is 13.6. The summed E-state index contributed by atoms with van der Waals surface area (Å²) in [5.74, 6) is -0.708. The number of aromatic nitrogens is 2. The predicted molar refractivity (Wildman–Crippen MR) is 190 cm³/mol. The maximum Gasteiger partial charge on any atom is 0.270 e. The van der Waals surface area contributed by atoms with E-state index in [4.69, 9.17) is 11.6 Å². The molecule has 3 aromatic rings. The molecule has 0 spiro atoms. The lowest BCUT2D eigenvalue weighted by molar-refractivity contribution is -0.138. The van der Waals surface area contributed by atoms with Gasteiger partial charge in [-0.1, -0.05) is 62.1 Å². The zero-order valence-corrected chi connectivity index (χ0v) is 29.3. The molecule has 5 rings (SSSR count). The summed E-state index contributed by atoms with van der Waals surface area (Å²) in [5, 5.41) is 13.7. The largest absolute Gasteiger partial charge is 0.344 e. The molecule has 2 atom stereocenters. The normalized spacial score (nSPS) is 16.8. The average Bonchev–Trinajstić information content (AvgIpc) is 3.56. The molecule has 1 aliphatic heterocycles. The molecular weight excluding hydrogens is 642 g/mol. The monoisotopic (exact) mass is 689 g/mol. The van der Waals surface area contributed by atoms with Crippen LogP contribution in [0.4, 0.5) is 5.69 Å². The Balaban J connectivity index is 1.16. The zero-order chi connectivity index (χ0) is 34.8. The molecule has 1 saturated carbocycles. The number of benzene rings is 2. The minimum atomic E-state index is -0.657. The number of nitrogens with one attached hydrogen (secondary N) is 3. The lowest BCUT2D eigenvalue weighted by Crippen LogP contribution is -2.54. The minimum Gasteiger partial charge on any atom is -0.344 e. The van der Waals surface area contributed by atoms with Gasteiger partial charge in [0.2, 0.25) is 17.7 Å². The van der Waals surface area contributed by atoms with Gasteiger partial charge >= 0.3 is 0 Å². The molecule has 0 radical (unpaired) electrons. The standard InChI is InChI=1S/C37H48ClN7O4/c1-3-33(46)41-31(37(49)45-23-21-44(22-24-45)25-27-9-14-29(38)15-10-27)18-13-26-11-16-30(17-12-26)40-36(48)34(28-7-5-4-6-8-28)42-35(47)32-19-20-39-43(32)2/h9-12,14-17,19-20,28,31,34H,3-8,13,18,21-25H2,1-2H3,(H,40,48)(H,41,46)(H,42,47)/t31-,34+/m1/s1. The molecule has 1 aromatic heterocycles. The van der Waals surface area contributed by atoms with Gasteiger partial charge in [-0.05, 0) is 73.1 Å². The molecule has 12 heteroatoms. The molecule has 262 valence electrons. The Morgan fingerprint density at radius 2 is 1.55 bits per heavy atom. The first-order chi connectivity index (χ1) is 23.7. The van der Waals surface area contributed by atoms with Crippen LogP contribution in [0.25, 0.3) is 0 Å². The van der Waals surface area contributed by atoms with Crippen LogP contribution < -0.4 is 16.0 Å². The van der Waals surface area contributed by atoms with Gasteiger partial charge in [0.25, 0.3) is 5.91 Å². The van der Waals surface area contributed by atoms with Crippen molar-refractivity contribution in [3.05, 3.63) is 82.6 Å². The second kappa shape index (κ2) is 17.4. The molecular formula is C37H48ClN7O4. The number of carbonyl (C=O) groups excluding carboxylic acids is 4. The Hall–Kier alpha value is -4.22. The van der Waals surface area contributed by atoms with Crippen molar-refractivity contribution in [2.24, 2.45) is 13.0 Å². The van der Waals surface area contributed by atoms with E-state index in [9.17, 15) is 19.2 Å². The molecule has 3 N–H and O–H groups in total. The van der Waals surface area contributed by atoms with Crippen molar-refractivity contribution in [1.29, 1.82) is 0 Å². The number of carbonyl (C=O) groups is 4. The van der Waals surface area contributed by atoms with E-state index < -0.39 is 12.1 Å². The van der Waals surface area contributed by atoms with Gasteiger partial charge in [0.1, 0.15) is 17.8 Å². The summed E-state index contributed by atoms with van der Waals surface area (Å²) in [7, 11) is 1.70. The lowest BCUT2D eigenvalue weighted by atomic mass is 9.83. The Kier molecular flexibility index (Phi) is 12.8. The lowest BCUT2D eigenvalue weighted by Gasteiger charge is -2.36. The quantitative estimate of drug-likeness (QED) is 0.241. The molecule has 2 fully saturated rings. The van der Waals surface area contributed by atoms with Gasteiger partial charge in [-0.15, -0.1) is 0 Å². The van der Waals surface area contributed by atoms with Gasteiger partial charge in [0.15, 0.2) is 0 Å². The Morgan fingerprint density at radius 3 is 2.18 bits per heavy atom. The Labute approximate surface area is 293 Å². The molecule has 2 aromatic carbocycles. The molecule has 4 amide bonds. The highest BCUT2D eigenvalue weighted by Gasteiger charge is 2.32. The van der Waals surface area contributed by atoms with Crippen LogP contribution in [0.5, 0.6) is 0 Å². The number of anilines is 1. The summed E-state index contributed by atoms with van der Waals surface area (Å²) in [6, 6.07) is 15.7. The summed E-state index contributed by atoms with van der Waals surface area (Å²) in [6.45, 7) is 5.29. The van der Waals surface area contributed by atoms with Crippen LogP contribution in [0, 0.1) is 5.92 Å². The van der Waals surface area contributed by atoms with Crippen LogP contribution in [0.15, 0.2) is 60.8 Å². The maximum atomic E-state index is 13.6. The number of piperazine rings is 1. The molecule has 0 unspecified atom stereocenters. The number of aryl methyl sites for hydroxylation is 2. The molecule has 2 heterocycles. The highest BCUT2D eigenvalue weighted by molar-refractivity contribution is 6.30. The van der Waals surface area contributed by atoms with Crippen LogP contribution in [-0.4, -0.2) is 81.5 Å². The third kappa shape index (κ3) is 10.1. The van der Waals surface area contributed by atoms with Gasteiger partial charge in [-0.25, -0.2) is 0 Å². The van der Waals surface area contributed by atoms with Gasteiger partial charge in [0, 0.05) is 63.1 Å². The van der Waals surface area contributed by atoms with E-state index >= 15 is 0 Å². The Bertz CT molecular complexity index is 1560. The van der Waals surface area contributed by atoms with Crippen LogP contribution in [0.2, 0.25) is 5.02 Å². The van der Waals surface area contributed by atoms with Crippen molar-refractivity contribution in [3.8, 4) is 0 Å². The summed E-state index contributed by atoms with van der Waals surface area (Å²) in [6.07, 6.45) is 7.89. The van der Waals surface area contributed by atoms with E-state index in [1.165, 1.54) is 10.2 Å². The van der Waals surface area contributed by atoms with Gasteiger partial charge in [-0.3, -0.25) is 28.8 Å². The van der Waals surface area contributed by atoms with Crippen LogP contribution in [0.3, 0.4) is 0 Å². The average molecular weight is 690 g/mol. The number of hydrogen-bond acceptors (Lipinski definition) is 6. The summed E-state index contributed by atoms with van der Waals surface area (Å²) < 4.78 is 1.50. The minimum absolute atomic E-state index is 0.0567. The van der Waals surface area contributed by atoms with Crippen molar-refractivity contribution >= 4 is 40.9 Å². The third-order valence-corrected chi connectivity index (χ3v) is 9.90. The predicted octanol–water partition coefficient (Wildman–Crippen LogP) is 4.56. The second-order valence-electron chi connectivity index (χ2n) is 13.1. The highest BCUT2D eigenvalue weighted by atomic mass is 35.5. The zero-order valence-electron chi connectivity index (χ0n) is 28.5. The molecule has 1 aliphatic carbocycles. The number of amides is 4.